The monoisotopic (exact) mass is 194 g/mol. The maximum atomic E-state index is 10.9. The molecule has 1 heterocycles. The fourth-order valence-electron chi connectivity index (χ4n) is 0.896. The Hall–Kier alpha value is -0.810. The number of carbonyl (C=O) groups is 2. The number of nitrogens with two attached hydrogens (primary N) is 1. The van der Waals surface area contributed by atoms with E-state index in [2.05, 4.69) is 4.74 Å². The third-order valence-electron chi connectivity index (χ3n) is 1.57. The summed E-state index contributed by atoms with van der Waals surface area (Å²) in [6.07, 6.45) is -0.590. The highest BCUT2D eigenvalue weighted by Gasteiger charge is 2.34. The Morgan fingerprint density at radius 1 is 1.67 bits per heavy atom. The third-order valence-corrected chi connectivity index (χ3v) is 1.57. The summed E-state index contributed by atoms with van der Waals surface area (Å²) in [7, 11) is 0. The van der Waals surface area contributed by atoms with E-state index < -0.39 is 6.09 Å². The number of ether oxygens (including phenoxy) is 1. The smallest absolute Gasteiger partial charge is 0.417 e. The lowest BCUT2D eigenvalue weighted by molar-refractivity contribution is -0.127. The van der Waals surface area contributed by atoms with Gasteiger partial charge in [-0.3, -0.25) is 4.79 Å². The number of amides is 2. The zero-order chi connectivity index (χ0) is 8.43. The van der Waals surface area contributed by atoms with Crippen LogP contribution in [0.4, 0.5) is 4.79 Å². The molecule has 0 aromatic carbocycles. The van der Waals surface area contributed by atoms with Crippen molar-refractivity contribution in [3.63, 3.8) is 0 Å². The summed E-state index contributed by atoms with van der Waals surface area (Å²) in [5.74, 6) is -0.312. The molecule has 6 heteroatoms. The SMILES string of the molecule is CC(CN)N1C(=O)COC1=O.Cl. The van der Waals surface area contributed by atoms with Gasteiger partial charge in [0.25, 0.3) is 5.91 Å². The lowest BCUT2D eigenvalue weighted by Gasteiger charge is -2.17. The second kappa shape index (κ2) is 4.27. The minimum Gasteiger partial charge on any atom is -0.439 e. The highest BCUT2D eigenvalue weighted by molar-refractivity contribution is 5.98. The molecule has 0 aromatic rings. The molecule has 0 bridgehead atoms. The van der Waals surface area contributed by atoms with Crippen LogP contribution in [0.3, 0.4) is 0 Å². The molecule has 0 radical (unpaired) electrons. The minimum atomic E-state index is -0.590. The largest absolute Gasteiger partial charge is 0.439 e. The van der Waals surface area contributed by atoms with Gasteiger partial charge in [0.1, 0.15) is 0 Å². The molecule has 0 aliphatic carbocycles. The fraction of sp³-hybridized carbons (Fsp3) is 0.667. The van der Waals surface area contributed by atoms with E-state index in [0.29, 0.717) is 0 Å². The molecule has 1 rings (SSSR count). The van der Waals surface area contributed by atoms with Crippen molar-refractivity contribution in [3.05, 3.63) is 0 Å². The Balaban J connectivity index is 0.00000121. The molecule has 0 aromatic heterocycles. The van der Waals surface area contributed by atoms with Crippen molar-refractivity contribution in [2.75, 3.05) is 13.2 Å². The van der Waals surface area contributed by atoms with E-state index in [1.165, 1.54) is 0 Å². The minimum absolute atomic E-state index is 0. The molecule has 1 aliphatic rings. The summed E-state index contributed by atoms with van der Waals surface area (Å²) in [6.45, 7) is 1.81. The molecule has 1 atom stereocenters. The van der Waals surface area contributed by atoms with Crippen LogP contribution in [0, 0.1) is 0 Å². The van der Waals surface area contributed by atoms with Crippen LogP contribution in [0.5, 0.6) is 0 Å². The summed E-state index contributed by atoms with van der Waals surface area (Å²) >= 11 is 0. The predicted octanol–water partition coefficient (Wildman–Crippen LogP) is -0.266. The van der Waals surface area contributed by atoms with Gasteiger partial charge in [0.05, 0.1) is 6.04 Å². The van der Waals surface area contributed by atoms with Crippen LogP contribution in [0.15, 0.2) is 0 Å². The van der Waals surface area contributed by atoms with Gasteiger partial charge in [-0.1, -0.05) is 0 Å². The Morgan fingerprint density at radius 3 is 2.58 bits per heavy atom. The van der Waals surface area contributed by atoms with E-state index in [1.54, 1.807) is 6.92 Å². The van der Waals surface area contributed by atoms with Gasteiger partial charge >= 0.3 is 6.09 Å². The molecule has 70 valence electrons. The molecular weight excluding hydrogens is 184 g/mol. The quantitative estimate of drug-likeness (QED) is 0.657. The van der Waals surface area contributed by atoms with E-state index in [-0.39, 0.29) is 37.5 Å². The van der Waals surface area contributed by atoms with Crippen molar-refractivity contribution in [1.29, 1.82) is 0 Å². The Kier molecular flexibility index (Phi) is 3.99. The predicted molar refractivity (Wildman–Crippen MR) is 44.0 cm³/mol. The number of hydrogen-bond donors (Lipinski definition) is 1. The molecule has 0 spiro atoms. The molecule has 5 nitrogen and oxygen atoms in total. The van der Waals surface area contributed by atoms with Crippen LogP contribution >= 0.6 is 12.4 Å². The summed E-state index contributed by atoms with van der Waals surface area (Å²) in [4.78, 5) is 22.8. The number of hydrogen-bond acceptors (Lipinski definition) is 4. The summed E-state index contributed by atoms with van der Waals surface area (Å²) in [6, 6.07) is -0.266. The van der Waals surface area contributed by atoms with Crippen molar-refractivity contribution < 1.29 is 14.3 Å². The van der Waals surface area contributed by atoms with E-state index in [0.717, 1.165) is 4.90 Å². The molecule has 1 aliphatic heterocycles. The highest BCUT2D eigenvalue weighted by atomic mass is 35.5. The summed E-state index contributed by atoms with van der Waals surface area (Å²) in [5, 5.41) is 0. The highest BCUT2D eigenvalue weighted by Crippen LogP contribution is 2.08. The molecule has 0 saturated carbocycles. The molecule has 1 saturated heterocycles. The van der Waals surface area contributed by atoms with Gasteiger partial charge in [-0.05, 0) is 6.92 Å². The second-order valence-corrected chi connectivity index (χ2v) is 2.40. The first kappa shape index (κ1) is 11.2. The fourth-order valence-corrected chi connectivity index (χ4v) is 0.896. The first-order valence-electron chi connectivity index (χ1n) is 3.35. The lowest BCUT2D eigenvalue weighted by atomic mass is 10.3. The number of halogens is 1. The van der Waals surface area contributed by atoms with Gasteiger partial charge in [0.2, 0.25) is 0 Å². The van der Waals surface area contributed by atoms with Crippen molar-refractivity contribution >= 4 is 24.4 Å². The Labute approximate surface area is 76.2 Å². The average molecular weight is 195 g/mol. The third kappa shape index (κ3) is 1.86. The van der Waals surface area contributed by atoms with Crippen molar-refractivity contribution in [2.45, 2.75) is 13.0 Å². The molecule has 12 heavy (non-hydrogen) atoms. The van der Waals surface area contributed by atoms with Crippen LogP contribution < -0.4 is 5.73 Å². The van der Waals surface area contributed by atoms with Gasteiger partial charge in [-0.2, -0.15) is 0 Å². The van der Waals surface area contributed by atoms with Gasteiger partial charge in [-0.15, -0.1) is 12.4 Å². The molecule has 2 N–H and O–H groups in total. The van der Waals surface area contributed by atoms with Crippen LogP contribution in [-0.2, 0) is 9.53 Å². The first-order chi connectivity index (χ1) is 5.16. The molecule has 1 fully saturated rings. The average Bonchev–Trinajstić information content (AvgIpc) is 2.30. The number of rotatable bonds is 2. The molecule has 2 amide bonds. The van der Waals surface area contributed by atoms with Gasteiger partial charge in [0, 0.05) is 6.54 Å². The normalized spacial score (nSPS) is 18.7. The maximum absolute atomic E-state index is 10.9. The van der Waals surface area contributed by atoms with E-state index in [1.807, 2.05) is 0 Å². The van der Waals surface area contributed by atoms with E-state index in [9.17, 15) is 9.59 Å². The lowest BCUT2D eigenvalue weighted by Crippen LogP contribution is -2.41. The maximum Gasteiger partial charge on any atom is 0.417 e. The second-order valence-electron chi connectivity index (χ2n) is 2.40. The number of carbonyl (C=O) groups excluding carboxylic acids is 2. The Morgan fingerprint density at radius 2 is 2.25 bits per heavy atom. The standard InChI is InChI=1S/C6H10N2O3.ClH/c1-4(2-7)8-5(9)3-11-6(8)10;/h4H,2-3,7H2,1H3;1H. The van der Waals surface area contributed by atoms with Crippen molar-refractivity contribution in [1.82, 2.24) is 4.90 Å². The van der Waals surface area contributed by atoms with Gasteiger partial charge < -0.3 is 10.5 Å². The van der Waals surface area contributed by atoms with Gasteiger partial charge in [-0.25, -0.2) is 9.69 Å². The van der Waals surface area contributed by atoms with Crippen LogP contribution in [0.1, 0.15) is 6.92 Å². The number of nitrogens with zero attached hydrogens (tertiary/aromatic N) is 1. The molecular formula is C6H11ClN2O3. The van der Waals surface area contributed by atoms with Crippen LogP contribution in [0.2, 0.25) is 0 Å². The van der Waals surface area contributed by atoms with Crippen molar-refractivity contribution in [3.8, 4) is 0 Å². The van der Waals surface area contributed by atoms with Crippen molar-refractivity contribution in [2.24, 2.45) is 5.73 Å². The number of cyclic esters (lactones) is 1. The van der Waals surface area contributed by atoms with E-state index in [4.69, 9.17) is 5.73 Å². The summed E-state index contributed by atoms with van der Waals surface area (Å²) in [5.41, 5.74) is 5.27. The van der Waals surface area contributed by atoms with E-state index >= 15 is 0 Å². The zero-order valence-corrected chi connectivity index (χ0v) is 7.47. The van der Waals surface area contributed by atoms with Crippen LogP contribution in [-0.4, -0.2) is 36.1 Å². The Bertz CT molecular complexity index is 181. The topological polar surface area (TPSA) is 72.6 Å². The molecule has 1 unspecified atom stereocenters. The zero-order valence-electron chi connectivity index (χ0n) is 6.65. The summed E-state index contributed by atoms with van der Waals surface area (Å²) < 4.78 is 4.48. The number of imide groups is 1. The van der Waals surface area contributed by atoms with Crippen LogP contribution in [0.25, 0.3) is 0 Å². The van der Waals surface area contributed by atoms with Gasteiger partial charge in [0.15, 0.2) is 6.61 Å². The first-order valence-corrected chi connectivity index (χ1v) is 3.35.